The standard InChI is InChI=1S/C10H8N2O2S2/c11-8-6-7(12(13)14)3-4-9(8)16-10-2-1-5-15-10/h1-6H,11H2. The third kappa shape index (κ3) is 2.34. The molecule has 0 atom stereocenters. The number of rotatable bonds is 3. The zero-order chi connectivity index (χ0) is 11.5. The predicted octanol–water partition coefficient (Wildman–Crippen LogP) is 3.39. The van der Waals surface area contributed by atoms with Gasteiger partial charge < -0.3 is 5.73 Å². The van der Waals surface area contributed by atoms with Crippen molar-refractivity contribution in [3.05, 3.63) is 45.8 Å². The van der Waals surface area contributed by atoms with Gasteiger partial charge in [0.1, 0.15) is 0 Å². The molecular formula is C10H8N2O2S2. The van der Waals surface area contributed by atoms with Gasteiger partial charge in [-0.2, -0.15) is 0 Å². The number of anilines is 1. The number of nitrogens with zero attached hydrogens (tertiary/aromatic N) is 1. The minimum Gasteiger partial charge on any atom is -0.398 e. The molecule has 0 aliphatic carbocycles. The lowest BCUT2D eigenvalue weighted by Crippen LogP contribution is -1.92. The first-order valence-electron chi connectivity index (χ1n) is 4.42. The molecule has 0 bridgehead atoms. The number of non-ortho nitro benzene ring substituents is 1. The van der Waals surface area contributed by atoms with Crippen LogP contribution in [-0.4, -0.2) is 4.92 Å². The van der Waals surface area contributed by atoms with Crippen molar-refractivity contribution in [2.24, 2.45) is 0 Å². The Morgan fingerprint density at radius 3 is 2.75 bits per heavy atom. The molecule has 0 fully saturated rings. The molecule has 0 unspecified atom stereocenters. The van der Waals surface area contributed by atoms with Crippen LogP contribution < -0.4 is 5.73 Å². The van der Waals surface area contributed by atoms with Crippen molar-refractivity contribution in [1.29, 1.82) is 0 Å². The van der Waals surface area contributed by atoms with Crippen LogP contribution in [0.15, 0.2) is 44.8 Å². The van der Waals surface area contributed by atoms with Crippen molar-refractivity contribution >= 4 is 34.5 Å². The normalized spacial score (nSPS) is 10.2. The van der Waals surface area contributed by atoms with Crippen LogP contribution in [0.3, 0.4) is 0 Å². The molecule has 0 aliphatic rings. The summed E-state index contributed by atoms with van der Waals surface area (Å²) in [5.41, 5.74) is 6.21. The molecule has 1 heterocycles. The molecule has 2 aromatic rings. The summed E-state index contributed by atoms with van der Waals surface area (Å²) in [6, 6.07) is 8.46. The van der Waals surface area contributed by atoms with Crippen molar-refractivity contribution in [2.75, 3.05) is 5.73 Å². The van der Waals surface area contributed by atoms with E-state index in [0.29, 0.717) is 5.69 Å². The lowest BCUT2D eigenvalue weighted by Gasteiger charge is -2.02. The van der Waals surface area contributed by atoms with Crippen LogP contribution in [0.5, 0.6) is 0 Å². The Morgan fingerprint density at radius 1 is 1.38 bits per heavy atom. The van der Waals surface area contributed by atoms with Gasteiger partial charge in [-0.3, -0.25) is 10.1 Å². The van der Waals surface area contributed by atoms with Crippen LogP contribution in [0, 0.1) is 10.1 Å². The number of benzene rings is 1. The molecular weight excluding hydrogens is 244 g/mol. The zero-order valence-corrected chi connectivity index (χ0v) is 9.75. The van der Waals surface area contributed by atoms with Gasteiger partial charge in [-0.15, -0.1) is 11.3 Å². The fourth-order valence-corrected chi connectivity index (χ4v) is 2.93. The molecule has 0 spiro atoms. The second-order valence-electron chi connectivity index (χ2n) is 3.01. The van der Waals surface area contributed by atoms with Gasteiger partial charge >= 0.3 is 0 Å². The van der Waals surface area contributed by atoms with Gasteiger partial charge in [-0.1, -0.05) is 17.8 Å². The maximum absolute atomic E-state index is 10.5. The molecule has 2 rings (SSSR count). The van der Waals surface area contributed by atoms with Gasteiger partial charge in [-0.25, -0.2) is 0 Å². The topological polar surface area (TPSA) is 69.2 Å². The highest BCUT2D eigenvalue weighted by Gasteiger charge is 2.09. The van der Waals surface area contributed by atoms with Crippen LogP contribution in [0.2, 0.25) is 0 Å². The third-order valence-corrected chi connectivity index (χ3v) is 4.04. The number of hydrogen-bond donors (Lipinski definition) is 1. The largest absolute Gasteiger partial charge is 0.398 e. The molecule has 0 aliphatic heterocycles. The first-order valence-corrected chi connectivity index (χ1v) is 6.12. The average Bonchev–Trinajstić information content (AvgIpc) is 2.73. The average molecular weight is 252 g/mol. The predicted molar refractivity (Wildman–Crippen MR) is 66.0 cm³/mol. The fraction of sp³-hybridized carbons (Fsp3) is 0. The Bertz CT molecular complexity index is 512. The van der Waals surface area contributed by atoms with E-state index in [9.17, 15) is 10.1 Å². The number of thiophene rings is 1. The minimum absolute atomic E-state index is 0.0213. The van der Waals surface area contributed by atoms with Crippen molar-refractivity contribution in [2.45, 2.75) is 9.10 Å². The molecule has 82 valence electrons. The van der Waals surface area contributed by atoms with Crippen LogP contribution in [0.1, 0.15) is 0 Å². The van der Waals surface area contributed by atoms with Crippen LogP contribution in [0.4, 0.5) is 11.4 Å². The number of nitrogen functional groups attached to an aromatic ring is 1. The van der Waals surface area contributed by atoms with E-state index < -0.39 is 4.92 Å². The number of nitrogens with two attached hydrogens (primary N) is 1. The molecule has 0 saturated heterocycles. The maximum atomic E-state index is 10.5. The molecule has 4 nitrogen and oxygen atoms in total. The van der Waals surface area contributed by atoms with Gasteiger partial charge in [0.05, 0.1) is 14.8 Å². The Morgan fingerprint density at radius 2 is 2.19 bits per heavy atom. The molecule has 6 heteroatoms. The van der Waals surface area contributed by atoms with E-state index in [1.54, 1.807) is 17.4 Å². The van der Waals surface area contributed by atoms with Crippen LogP contribution in [0.25, 0.3) is 0 Å². The van der Waals surface area contributed by atoms with E-state index >= 15 is 0 Å². The summed E-state index contributed by atoms with van der Waals surface area (Å²) in [6.45, 7) is 0. The summed E-state index contributed by atoms with van der Waals surface area (Å²) in [5, 5.41) is 12.5. The monoisotopic (exact) mass is 252 g/mol. The molecule has 0 radical (unpaired) electrons. The highest BCUT2D eigenvalue weighted by atomic mass is 32.2. The van der Waals surface area contributed by atoms with Crippen molar-refractivity contribution < 1.29 is 4.92 Å². The molecule has 0 amide bonds. The van der Waals surface area contributed by atoms with Gasteiger partial charge in [0.2, 0.25) is 0 Å². The SMILES string of the molecule is Nc1cc([N+](=O)[O-])ccc1Sc1cccs1. The number of nitro groups is 1. The molecule has 1 aromatic heterocycles. The Balaban J connectivity index is 2.26. The van der Waals surface area contributed by atoms with Gasteiger partial charge in [0, 0.05) is 17.0 Å². The second kappa shape index (κ2) is 4.54. The summed E-state index contributed by atoms with van der Waals surface area (Å²) in [6.07, 6.45) is 0. The minimum atomic E-state index is -0.448. The van der Waals surface area contributed by atoms with Gasteiger partial charge in [-0.05, 0) is 17.5 Å². The maximum Gasteiger partial charge on any atom is 0.271 e. The van der Waals surface area contributed by atoms with E-state index in [4.69, 9.17) is 5.73 Å². The van der Waals surface area contributed by atoms with Crippen molar-refractivity contribution in [3.8, 4) is 0 Å². The molecule has 1 aromatic carbocycles. The van der Waals surface area contributed by atoms with Gasteiger partial charge in [0.25, 0.3) is 5.69 Å². The summed E-state index contributed by atoms with van der Waals surface area (Å²) in [7, 11) is 0. The number of hydrogen-bond acceptors (Lipinski definition) is 5. The lowest BCUT2D eigenvalue weighted by atomic mass is 10.3. The van der Waals surface area contributed by atoms with E-state index in [2.05, 4.69) is 0 Å². The van der Waals surface area contributed by atoms with Crippen LogP contribution in [-0.2, 0) is 0 Å². The smallest absolute Gasteiger partial charge is 0.271 e. The Labute approximate surface area is 100 Å². The molecule has 16 heavy (non-hydrogen) atoms. The highest BCUT2D eigenvalue weighted by molar-refractivity contribution is 8.01. The highest BCUT2D eigenvalue weighted by Crippen LogP contribution is 2.36. The van der Waals surface area contributed by atoms with Crippen molar-refractivity contribution in [1.82, 2.24) is 0 Å². The van der Waals surface area contributed by atoms with Gasteiger partial charge in [0.15, 0.2) is 0 Å². The lowest BCUT2D eigenvalue weighted by molar-refractivity contribution is -0.384. The molecule has 2 N–H and O–H groups in total. The zero-order valence-electron chi connectivity index (χ0n) is 8.12. The van der Waals surface area contributed by atoms with Crippen LogP contribution >= 0.6 is 23.1 Å². The summed E-state index contributed by atoms with van der Waals surface area (Å²) >= 11 is 3.12. The second-order valence-corrected chi connectivity index (χ2v) is 5.30. The first-order chi connectivity index (χ1) is 7.66. The first kappa shape index (κ1) is 11.0. The summed E-state index contributed by atoms with van der Waals surface area (Å²) in [4.78, 5) is 10.9. The summed E-state index contributed by atoms with van der Waals surface area (Å²) < 4.78 is 1.11. The van der Waals surface area contributed by atoms with Crippen molar-refractivity contribution in [3.63, 3.8) is 0 Å². The Hall–Kier alpha value is -1.53. The molecule has 0 saturated carbocycles. The fourth-order valence-electron chi connectivity index (χ4n) is 1.17. The van der Waals surface area contributed by atoms with E-state index in [-0.39, 0.29) is 5.69 Å². The Kier molecular flexibility index (Phi) is 3.12. The van der Waals surface area contributed by atoms with E-state index in [0.717, 1.165) is 9.10 Å². The van der Waals surface area contributed by atoms with E-state index in [1.165, 1.54) is 23.9 Å². The third-order valence-electron chi connectivity index (χ3n) is 1.91. The summed E-state index contributed by atoms with van der Waals surface area (Å²) in [5.74, 6) is 0. The van der Waals surface area contributed by atoms with E-state index in [1.807, 2.05) is 17.5 Å². The number of nitro benzene ring substituents is 1. The quantitative estimate of drug-likeness (QED) is 0.516.